The zero-order valence-electron chi connectivity index (χ0n) is 8.90. The molecule has 0 aliphatic rings. The molecule has 0 fully saturated rings. The van der Waals surface area contributed by atoms with Crippen LogP contribution in [-0.4, -0.2) is 13.0 Å². The Morgan fingerprint density at radius 3 is 2.60 bits per heavy atom. The van der Waals surface area contributed by atoms with E-state index in [4.69, 9.17) is 11.6 Å². The topological polar surface area (TPSA) is 29.1 Å². The maximum absolute atomic E-state index is 13.7. The van der Waals surface area contributed by atoms with E-state index in [1.807, 2.05) is 0 Å². The molecule has 1 amide bonds. The monoisotopic (exact) mass is 229 g/mol. The standard InChI is InChI=1S/C11H13ClFNO/c1-11(2,10(15)14-3)7-5-4-6-8(12)9(7)13/h4-6H,1-3H3,(H,14,15). The van der Waals surface area contributed by atoms with Gasteiger partial charge in [0, 0.05) is 12.6 Å². The first-order valence-electron chi connectivity index (χ1n) is 4.58. The normalized spacial score (nSPS) is 11.3. The number of carbonyl (C=O) groups is 1. The fourth-order valence-corrected chi connectivity index (χ4v) is 1.60. The fourth-order valence-electron chi connectivity index (χ4n) is 1.42. The summed E-state index contributed by atoms with van der Waals surface area (Å²) in [4.78, 5) is 11.6. The Morgan fingerprint density at radius 1 is 1.47 bits per heavy atom. The molecule has 0 radical (unpaired) electrons. The average Bonchev–Trinajstić information content (AvgIpc) is 2.20. The molecule has 0 saturated heterocycles. The lowest BCUT2D eigenvalue weighted by molar-refractivity contribution is -0.125. The number of hydrogen-bond donors (Lipinski definition) is 1. The fraction of sp³-hybridized carbons (Fsp3) is 0.364. The molecule has 0 bridgehead atoms. The van der Waals surface area contributed by atoms with Gasteiger partial charge in [0.15, 0.2) is 0 Å². The summed E-state index contributed by atoms with van der Waals surface area (Å²) < 4.78 is 13.7. The van der Waals surface area contributed by atoms with Crippen LogP contribution < -0.4 is 5.32 Å². The minimum Gasteiger partial charge on any atom is -0.358 e. The third-order valence-electron chi connectivity index (χ3n) is 2.42. The molecule has 0 aliphatic heterocycles. The number of likely N-dealkylation sites (N-methyl/N-ethyl adjacent to an activating group) is 1. The Morgan fingerprint density at radius 2 is 2.07 bits per heavy atom. The van der Waals surface area contributed by atoms with E-state index in [-0.39, 0.29) is 10.9 Å². The summed E-state index contributed by atoms with van der Waals surface area (Å²) in [5.74, 6) is -0.781. The van der Waals surface area contributed by atoms with Gasteiger partial charge in [-0.2, -0.15) is 0 Å². The highest BCUT2D eigenvalue weighted by atomic mass is 35.5. The zero-order chi connectivity index (χ0) is 11.6. The number of nitrogens with one attached hydrogen (secondary N) is 1. The number of rotatable bonds is 2. The van der Waals surface area contributed by atoms with Gasteiger partial charge >= 0.3 is 0 Å². The average molecular weight is 230 g/mol. The summed E-state index contributed by atoms with van der Waals surface area (Å²) in [6.07, 6.45) is 0. The van der Waals surface area contributed by atoms with E-state index in [1.165, 1.54) is 13.1 Å². The molecule has 1 rings (SSSR count). The largest absolute Gasteiger partial charge is 0.358 e. The highest BCUT2D eigenvalue weighted by Gasteiger charge is 2.32. The molecule has 0 spiro atoms. The summed E-state index contributed by atoms with van der Waals surface area (Å²) in [6, 6.07) is 4.65. The zero-order valence-corrected chi connectivity index (χ0v) is 9.65. The first-order valence-corrected chi connectivity index (χ1v) is 4.95. The molecule has 0 atom stereocenters. The summed E-state index contributed by atoms with van der Waals surface area (Å²) >= 11 is 5.66. The smallest absolute Gasteiger partial charge is 0.229 e. The molecule has 82 valence electrons. The molecule has 15 heavy (non-hydrogen) atoms. The highest BCUT2D eigenvalue weighted by molar-refractivity contribution is 6.30. The molecule has 0 aromatic heterocycles. The molecule has 1 aromatic carbocycles. The quantitative estimate of drug-likeness (QED) is 0.830. The van der Waals surface area contributed by atoms with Crippen molar-refractivity contribution in [3.05, 3.63) is 34.6 Å². The van der Waals surface area contributed by atoms with Gasteiger partial charge in [0.1, 0.15) is 5.82 Å². The first kappa shape index (κ1) is 12.0. The lowest BCUT2D eigenvalue weighted by Gasteiger charge is -2.23. The Balaban J connectivity index is 3.27. The van der Waals surface area contributed by atoms with Crippen LogP contribution in [0.2, 0.25) is 5.02 Å². The molecule has 4 heteroatoms. The van der Waals surface area contributed by atoms with Gasteiger partial charge < -0.3 is 5.32 Å². The van der Waals surface area contributed by atoms with E-state index in [0.717, 1.165) is 0 Å². The molecular weight excluding hydrogens is 217 g/mol. The van der Waals surface area contributed by atoms with Crippen molar-refractivity contribution in [3.63, 3.8) is 0 Å². The summed E-state index contributed by atoms with van der Waals surface area (Å²) in [7, 11) is 1.52. The molecular formula is C11H13ClFNO. The molecule has 0 heterocycles. The molecule has 1 N–H and O–H groups in total. The predicted molar refractivity (Wildman–Crippen MR) is 58.5 cm³/mol. The van der Waals surface area contributed by atoms with Crippen LogP contribution in [0.15, 0.2) is 18.2 Å². The lowest BCUT2D eigenvalue weighted by Crippen LogP contribution is -2.38. The van der Waals surface area contributed by atoms with Crippen molar-refractivity contribution in [3.8, 4) is 0 Å². The second-order valence-electron chi connectivity index (χ2n) is 3.81. The second kappa shape index (κ2) is 4.19. The van der Waals surface area contributed by atoms with Crippen molar-refractivity contribution < 1.29 is 9.18 Å². The van der Waals surface area contributed by atoms with Crippen LogP contribution in [0.4, 0.5) is 4.39 Å². The van der Waals surface area contributed by atoms with Gasteiger partial charge in [-0.05, 0) is 19.9 Å². The summed E-state index contributed by atoms with van der Waals surface area (Å²) in [6.45, 7) is 3.31. The van der Waals surface area contributed by atoms with Gasteiger partial charge in [-0.1, -0.05) is 23.7 Å². The third-order valence-corrected chi connectivity index (χ3v) is 2.71. The highest BCUT2D eigenvalue weighted by Crippen LogP contribution is 2.29. The Kier molecular flexibility index (Phi) is 3.35. The van der Waals surface area contributed by atoms with Gasteiger partial charge in [-0.15, -0.1) is 0 Å². The number of benzene rings is 1. The van der Waals surface area contributed by atoms with Crippen molar-refractivity contribution in [2.75, 3.05) is 7.05 Å². The Bertz CT molecular complexity index is 390. The van der Waals surface area contributed by atoms with Crippen molar-refractivity contribution in [1.82, 2.24) is 5.32 Å². The SMILES string of the molecule is CNC(=O)C(C)(C)c1cccc(Cl)c1F. The Labute approximate surface area is 93.4 Å². The van der Waals surface area contributed by atoms with Gasteiger partial charge in [0.25, 0.3) is 0 Å². The van der Waals surface area contributed by atoms with Gasteiger partial charge in [0.05, 0.1) is 10.4 Å². The van der Waals surface area contributed by atoms with Crippen LogP contribution in [0.1, 0.15) is 19.4 Å². The minimum absolute atomic E-state index is 0.0319. The molecule has 0 saturated carbocycles. The van der Waals surface area contributed by atoms with Crippen LogP contribution in [0.3, 0.4) is 0 Å². The second-order valence-corrected chi connectivity index (χ2v) is 4.21. The summed E-state index contributed by atoms with van der Waals surface area (Å²) in [5, 5.41) is 2.53. The number of amides is 1. The van der Waals surface area contributed by atoms with Crippen LogP contribution in [0.25, 0.3) is 0 Å². The maximum atomic E-state index is 13.7. The van der Waals surface area contributed by atoms with Crippen LogP contribution in [-0.2, 0) is 10.2 Å². The minimum atomic E-state index is -0.927. The van der Waals surface area contributed by atoms with Gasteiger partial charge in [-0.25, -0.2) is 4.39 Å². The maximum Gasteiger partial charge on any atom is 0.229 e. The van der Waals surface area contributed by atoms with E-state index in [9.17, 15) is 9.18 Å². The van der Waals surface area contributed by atoms with Crippen LogP contribution in [0.5, 0.6) is 0 Å². The number of carbonyl (C=O) groups excluding carboxylic acids is 1. The van der Waals surface area contributed by atoms with Gasteiger partial charge in [0.2, 0.25) is 5.91 Å². The van der Waals surface area contributed by atoms with Crippen LogP contribution >= 0.6 is 11.6 Å². The predicted octanol–water partition coefficient (Wildman–Crippen LogP) is 2.50. The van der Waals surface area contributed by atoms with E-state index in [1.54, 1.807) is 26.0 Å². The first-order chi connectivity index (χ1) is 6.91. The van der Waals surface area contributed by atoms with Crippen LogP contribution in [0, 0.1) is 5.82 Å². The molecule has 1 aromatic rings. The summed E-state index contributed by atoms with van der Waals surface area (Å²) in [5.41, 5.74) is -0.627. The lowest BCUT2D eigenvalue weighted by atomic mass is 9.83. The number of halogens is 2. The molecule has 2 nitrogen and oxygen atoms in total. The molecule has 0 unspecified atom stereocenters. The third kappa shape index (κ3) is 2.12. The van der Waals surface area contributed by atoms with Crippen molar-refractivity contribution >= 4 is 17.5 Å². The van der Waals surface area contributed by atoms with E-state index < -0.39 is 11.2 Å². The number of hydrogen-bond acceptors (Lipinski definition) is 1. The van der Waals surface area contributed by atoms with E-state index in [2.05, 4.69) is 5.32 Å². The van der Waals surface area contributed by atoms with Crippen molar-refractivity contribution in [1.29, 1.82) is 0 Å². The van der Waals surface area contributed by atoms with Crippen molar-refractivity contribution in [2.24, 2.45) is 0 Å². The van der Waals surface area contributed by atoms with E-state index >= 15 is 0 Å². The molecule has 0 aliphatic carbocycles. The van der Waals surface area contributed by atoms with E-state index in [0.29, 0.717) is 5.56 Å². The van der Waals surface area contributed by atoms with Crippen molar-refractivity contribution in [2.45, 2.75) is 19.3 Å². The Hall–Kier alpha value is -1.09. The van der Waals surface area contributed by atoms with Gasteiger partial charge in [-0.3, -0.25) is 4.79 Å².